The molecule has 1 rings (SSSR count). The van der Waals surface area contributed by atoms with Crippen LogP contribution < -0.4 is 11.1 Å². The van der Waals surface area contributed by atoms with Gasteiger partial charge in [-0.25, -0.2) is 0 Å². The number of rotatable bonds is 5. The van der Waals surface area contributed by atoms with E-state index in [1.54, 1.807) is 25.3 Å². The van der Waals surface area contributed by atoms with Crippen molar-refractivity contribution < 1.29 is 9.53 Å². The Morgan fingerprint density at radius 2 is 2.24 bits per heavy atom. The van der Waals surface area contributed by atoms with Gasteiger partial charge in [0.1, 0.15) is 0 Å². The first-order valence-corrected chi connectivity index (χ1v) is 5.74. The second-order valence-corrected chi connectivity index (χ2v) is 4.11. The van der Waals surface area contributed by atoms with E-state index in [2.05, 4.69) is 5.32 Å². The maximum absolute atomic E-state index is 12.0. The normalized spacial score (nSPS) is 12.2. The molecule has 0 saturated carbocycles. The number of nitrogens with two attached hydrogens (primary N) is 1. The number of ether oxygens (including phenoxy) is 1. The van der Waals surface area contributed by atoms with Gasteiger partial charge in [0.2, 0.25) is 0 Å². The Kier molecular flexibility index (Phi) is 4.97. The summed E-state index contributed by atoms with van der Waals surface area (Å²) in [6.45, 7) is 4.42. The number of nitrogen functional groups attached to an aromatic ring is 1. The molecule has 0 heterocycles. The summed E-state index contributed by atoms with van der Waals surface area (Å²) in [6, 6.07) is 5.33. The molecule has 0 aromatic heterocycles. The van der Waals surface area contributed by atoms with Crippen LogP contribution in [0.4, 0.5) is 5.69 Å². The maximum atomic E-state index is 12.0. The monoisotopic (exact) mass is 236 g/mol. The highest BCUT2D eigenvalue weighted by atomic mass is 16.5. The molecule has 0 fully saturated rings. The lowest BCUT2D eigenvalue weighted by molar-refractivity contribution is 0.0894. The molecule has 0 aliphatic carbocycles. The lowest BCUT2D eigenvalue weighted by Crippen LogP contribution is -2.37. The zero-order chi connectivity index (χ0) is 12.8. The van der Waals surface area contributed by atoms with Gasteiger partial charge in [-0.1, -0.05) is 6.92 Å². The van der Waals surface area contributed by atoms with Crippen molar-refractivity contribution in [1.29, 1.82) is 0 Å². The van der Waals surface area contributed by atoms with E-state index in [0.717, 1.165) is 12.0 Å². The minimum absolute atomic E-state index is 0.0458. The zero-order valence-electron chi connectivity index (χ0n) is 10.6. The zero-order valence-corrected chi connectivity index (χ0v) is 10.6. The van der Waals surface area contributed by atoms with Gasteiger partial charge >= 0.3 is 0 Å². The number of aryl methyl sites for hydroxylation is 1. The Morgan fingerprint density at radius 3 is 2.76 bits per heavy atom. The summed E-state index contributed by atoms with van der Waals surface area (Å²) in [5.41, 5.74) is 7.87. The summed E-state index contributed by atoms with van der Waals surface area (Å²) >= 11 is 0. The number of methoxy groups -OCH3 is 1. The number of carbonyl (C=O) groups is 1. The summed E-state index contributed by atoms with van der Waals surface area (Å²) < 4.78 is 5.05. The minimum atomic E-state index is -0.0774. The van der Waals surface area contributed by atoms with Crippen molar-refractivity contribution in [1.82, 2.24) is 5.32 Å². The molecule has 4 heteroatoms. The van der Waals surface area contributed by atoms with Crippen molar-refractivity contribution in [3.63, 3.8) is 0 Å². The molecule has 1 atom stereocenters. The molecule has 1 unspecified atom stereocenters. The molecule has 17 heavy (non-hydrogen) atoms. The molecule has 0 saturated heterocycles. The molecular weight excluding hydrogens is 216 g/mol. The molecule has 1 amide bonds. The van der Waals surface area contributed by atoms with Crippen molar-refractivity contribution in [3.8, 4) is 0 Å². The summed E-state index contributed by atoms with van der Waals surface area (Å²) in [7, 11) is 1.63. The summed E-state index contributed by atoms with van der Waals surface area (Å²) in [5, 5.41) is 2.94. The van der Waals surface area contributed by atoms with Gasteiger partial charge in [0, 0.05) is 18.4 Å². The first kappa shape index (κ1) is 13.5. The van der Waals surface area contributed by atoms with Gasteiger partial charge in [-0.3, -0.25) is 4.79 Å². The first-order valence-electron chi connectivity index (χ1n) is 5.74. The van der Waals surface area contributed by atoms with Gasteiger partial charge in [-0.15, -0.1) is 0 Å². The Hall–Kier alpha value is -1.55. The third-order valence-corrected chi connectivity index (χ3v) is 2.69. The van der Waals surface area contributed by atoms with Crippen LogP contribution in [-0.2, 0) is 4.74 Å². The van der Waals surface area contributed by atoms with Gasteiger partial charge in [0.05, 0.1) is 12.6 Å². The highest BCUT2D eigenvalue weighted by Crippen LogP contribution is 2.12. The van der Waals surface area contributed by atoms with E-state index < -0.39 is 0 Å². The van der Waals surface area contributed by atoms with E-state index in [1.807, 2.05) is 13.8 Å². The SMILES string of the molecule is CCC(COC)NC(=O)c1ccc(N)cc1C. The van der Waals surface area contributed by atoms with E-state index in [1.165, 1.54) is 0 Å². The van der Waals surface area contributed by atoms with Crippen LogP contribution in [0.1, 0.15) is 29.3 Å². The van der Waals surface area contributed by atoms with Crippen molar-refractivity contribution in [3.05, 3.63) is 29.3 Å². The van der Waals surface area contributed by atoms with Crippen LogP contribution in [0.2, 0.25) is 0 Å². The highest BCUT2D eigenvalue weighted by Gasteiger charge is 2.13. The van der Waals surface area contributed by atoms with Gasteiger partial charge in [0.15, 0.2) is 0 Å². The van der Waals surface area contributed by atoms with Gasteiger partial charge in [-0.2, -0.15) is 0 Å². The quantitative estimate of drug-likeness (QED) is 0.765. The molecule has 1 aromatic rings. The molecule has 0 aliphatic heterocycles. The first-order chi connectivity index (χ1) is 8.08. The van der Waals surface area contributed by atoms with Crippen LogP contribution in [0.5, 0.6) is 0 Å². The predicted molar refractivity (Wildman–Crippen MR) is 69.0 cm³/mol. The summed E-state index contributed by atoms with van der Waals surface area (Å²) in [5.74, 6) is -0.0774. The van der Waals surface area contributed by atoms with E-state index in [-0.39, 0.29) is 11.9 Å². The van der Waals surface area contributed by atoms with Crippen LogP contribution in [0.3, 0.4) is 0 Å². The molecule has 3 N–H and O–H groups in total. The average molecular weight is 236 g/mol. The largest absolute Gasteiger partial charge is 0.399 e. The molecule has 1 aromatic carbocycles. The Morgan fingerprint density at radius 1 is 1.53 bits per heavy atom. The van der Waals surface area contributed by atoms with Crippen LogP contribution in [0.25, 0.3) is 0 Å². The number of carbonyl (C=O) groups excluding carboxylic acids is 1. The number of benzene rings is 1. The molecular formula is C13H20N2O2. The maximum Gasteiger partial charge on any atom is 0.251 e. The molecule has 0 radical (unpaired) electrons. The number of amides is 1. The predicted octanol–water partition coefficient (Wildman–Crippen LogP) is 1.73. The lowest BCUT2D eigenvalue weighted by atomic mass is 10.1. The van der Waals surface area contributed by atoms with Crippen molar-refractivity contribution >= 4 is 11.6 Å². The van der Waals surface area contributed by atoms with Crippen molar-refractivity contribution in [2.75, 3.05) is 19.5 Å². The third-order valence-electron chi connectivity index (χ3n) is 2.69. The van der Waals surface area contributed by atoms with Crippen LogP contribution in [0.15, 0.2) is 18.2 Å². The molecule has 0 bridgehead atoms. The van der Waals surface area contributed by atoms with Gasteiger partial charge < -0.3 is 15.8 Å². The van der Waals surface area contributed by atoms with Crippen LogP contribution in [-0.4, -0.2) is 25.7 Å². The second-order valence-electron chi connectivity index (χ2n) is 4.11. The second kappa shape index (κ2) is 6.25. The Balaban J connectivity index is 2.75. The van der Waals surface area contributed by atoms with Gasteiger partial charge in [0.25, 0.3) is 5.91 Å². The summed E-state index contributed by atoms with van der Waals surface area (Å²) in [6.07, 6.45) is 0.841. The van der Waals surface area contributed by atoms with Crippen LogP contribution >= 0.6 is 0 Å². The fraction of sp³-hybridized carbons (Fsp3) is 0.462. The molecule has 94 valence electrons. The fourth-order valence-corrected chi connectivity index (χ4v) is 1.67. The number of hydrogen-bond donors (Lipinski definition) is 2. The van der Waals surface area contributed by atoms with Gasteiger partial charge in [-0.05, 0) is 37.1 Å². The molecule has 4 nitrogen and oxygen atoms in total. The van der Waals surface area contributed by atoms with E-state index in [4.69, 9.17) is 10.5 Å². The Bertz CT molecular complexity index is 391. The number of anilines is 1. The van der Waals surface area contributed by atoms with E-state index >= 15 is 0 Å². The number of hydrogen-bond acceptors (Lipinski definition) is 3. The standard InChI is InChI=1S/C13H20N2O2/c1-4-11(8-17-3)15-13(16)12-6-5-10(14)7-9(12)2/h5-7,11H,4,8,14H2,1-3H3,(H,15,16). The third kappa shape index (κ3) is 3.75. The topological polar surface area (TPSA) is 64.3 Å². The number of nitrogens with one attached hydrogen (secondary N) is 1. The highest BCUT2D eigenvalue weighted by molar-refractivity contribution is 5.96. The summed E-state index contributed by atoms with van der Waals surface area (Å²) in [4.78, 5) is 12.0. The Labute approximate surface area is 102 Å². The fourth-order valence-electron chi connectivity index (χ4n) is 1.67. The lowest BCUT2D eigenvalue weighted by Gasteiger charge is -2.16. The molecule has 0 spiro atoms. The van der Waals surface area contributed by atoms with E-state index in [9.17, 15) is 4.79 Å². The average Bonchev–Trinajstić information content (AvgIpc) is 2.28. The molecule has 0 aliphatic rings. The van der Waals surface area contributed by atoms with Crippen molar-refractivity contribution in [2.24, 2.45) is 0 Å². The minimum Gasteiger partial charge on any atom is -0.399 e. The van der Waals surface area contributed by atoms with E-state index in [0.29, 0.717) is 17.9 Å². The van der Waals surface area contributed by atoms with Crippen LogP contribution in [0, 0.1) is 6.92 Å². The van der Waals surface area contributed by atoms with Crippen molar-refractivity contribution in [2.45, 2.75) is 26.3 Å². The smallest absolute Gasteiger partial charge is 0.251 e.